The number of hydrogen-bond acceptors (Lipinski definition) is 3. The van der Waals surface area contributed by atoms with Gasteiger partial charge in [0, 0.05) is 43.3 Å². The zero-order valence-corrected chi connectivity index (χ0v) is 16.1. The molecule has 2 saturated heterocycles. The third-order valence-corrected chi connectivity index (χ3v) is 6.36. The second kappa shape index (κ2) is 7.99. The monoisotopic (exact) mass is 355 g/mol. The Kier molecular flexibility index (Phi) is 5.49. The molecule has 1 aliphatic carbocycles. The summed E-state index contributed by atoms with van der Waals surface area (Å²) >= 11 is 0. The van der Waals surface area contributed by atoms with Gasteiger partial charge in [0.25, 0.3) is 0 Å². The summed E-state index contributed by atoms with van der Waals surface area (Å²) in [5.41, 5.74) is 2.61. The first-order chi connectivity index (χ1) is 12.7. The van der Waals surface area contributed by atoms with Gasteiger partial charge in [0.1, 0.15) is 0 Å². The molecule has 2 atom stereocenters. The van der Waals surface area contributed by atoms with Crippen LogP contribution in [0.25, 0.3) is 0 Å². The highest BCUT2D eigenvalue weighted by atomic mass is 16.2. The first-order valence-electron chi connectivity index (χ1n) is 10.6. The van der Waals surface area contributed by atoms with E-state index in [4.69, 9.17) is 0 Å². The maximum atomic E-state index is 12.3. The maximum absolute atomic E-state index is 12.3. The molecule has 2 heterocycles. The number of carbonyl (C=O) groups excluding carboxylic acids is 1. The molecular formula is C22H33N3O. The van der Waals surface area contributed by atoms with Gasteiger partial charge in [0.15, 0.2) is 0 Å². The lowest BCUT2D eigenvalue weighted by Gasteiger charge is -2.34. The molecule has 1 aromatic rings. The zero-order valence-electron chi connectivity index (χ0n) is 16.1. The predicted octanol–water partition coefficient (Wildman–Crippen LogP) is 3.53. The lowest BCUT2D eigenvalue weighted by molar-refractivity contribution is -0.133. The molecule has 0 radical (unpaired) electrons. The molecule has 1 saturated carbocycles. The van der Waals surface area contributed by atoms with Gasteiger partial charge in [-0.3, -0.25) is 4.79 Å². The second-order valence-electron chi connectivity index (χ2n) is 8.52. The molecule has 26 heavy (non-hydrogen) atoms. The zero-order chi connectivity index (χ0) is 17.9. The average Bonchev–Trinajstić information content (AvgIpc) is 3.43. The number of amides is 1. The largest absolute Gasteiger partial charge is 0.381 e. The second-order valence-corrected chi connectivity index (χ2v) is 8.52. The predicted molar refractivity (Wildman–Crippen MR) is 106 cm³/mol. The Morgan fingerprint density at radius 1 is 1.08 bits per heavy atom. The first kappa shape index (κ1) is 17.8. The van der Waals surface area contributed by atoms with Crippen molar-refractivity contribution < 1.29 is 4.79 Å². The number of nitrogens with one attached hydrogen (secondary N) is 1. The topological polar surface area (TPSA) is 35.6 Å². The van der Waals surface area contributed by atoms with Crippen LogP contribution in [0, 0.1) is 5.92 Å². The summed E-state index contributed by atoms with van der Waals surface area (Å²) < 4.78 is 0. The minimum absolute atomic E-state index is 0.339. The van der Waals surface area contributed by atoms with Crippen molar-refractivity contribution in [3.63, 3.8) is 0 Å². The van der Waals surface area contributed by atoms with E-state index in [1.807, 2.05) is 0 Å². The van der Waals surface area contributed by atoms with E-state index in [2.05, 4.69) is 46.3 Å². The highest BCUT2D eigenvalue weighted by Crippen LogP contribution is 2.32. The van der Waals surface area contributed by atoms with Crippen LogP contribution in [-0.2, 0) is 11.2 Å². The number of rotatable bonds is 6. The molecule has 4 nitrogen and oxygen atoms in total. The van der Waals surface area contributed by atoms with Gasteiger partial charge in [-0.2, -0.15) is 0 Å². The first-order valence-corrected chi connectivity index (χ1v) is 10.6. The fraction of sp³-hybridized carbons (Fsp3) is 0.682. The lowest BCUT2D eigenvalue weighted by atomic mass is 10.0. The average molecular weight is 356 g/mol. The fourth-order valence-corrected chi connectivity index (χ4v) is 4.48. The number of hydrogen-bond donors (Lipinski definition) is 1. The van der Waals surface area contributed by atoms with Crippen molar-refractivity contribution in [2.45, 2.75) is 64.0 Å². The van der Waals surface area contributed by atoms with Crippen molar-refractivity contribution in [3.05, 3.63) is 29.8 Å². The van der Waals surface area contributed by atoms with Gasteiger partial charge in [0.2, 0.25) is 5.91 Å². The van der Waals surface area contributed by atoms with Crippen LogP contribution in [-0.4, -0.2) is 54.0 Å². The van der Waals surface area contributed by atoms with Gasteiger partial charge in [-0.15, -0.1) is 0 Å². The van der Waals surface area contributed by atoms with Gasteiger partial charge in [-0.05, 0) is 76.1 Å². The SMILES string of the molecule is C[C@@H]1CCCN1CCc1ccc(N[C@H]2CCCN(C(=O)C3CC3)C2)cc1. The molecule has 0 bridgehead atoms. The quantitative estimate of drug-likeness (QED) is 0.848. The molecule has 4 heteroatoms. The van der Waals surface area contributed by atoms with Gasteiger partial charge >= 0.3 is 0 Å². The van der Waals surface area contributed by atoms with Crippen LogP contribution < -0.4 is 5.32 Å². The van der Waals surface area contributed by atoms with Crippen LogP contribution in [0.4, 0.5) is 5.69 Å². The van der Waals surface area contributed by atoms with Crippen LogP contribution >= 0.6 is 0 Å². The van der Waals surface area contributed by atoms with Crippen LogP contribution in [0.1, 0.15) is 51.0 Å². The molecule has 1 amide bonds. The van der Waals surface area contributed by atoms with E-state index in [1.165, 1.54) is 37.2 Å². The lowest BCUT2D eigenvalue weighted by Crippen LogP contribution is -2.45. The number of benzene rings is 1. The molecule has 0 spiro atoms. The molecule has 1 aromatic carbocycles. The van der Waals surface area contributed by atoms with E-state index in [9.17, 15) is 4.79 Å². The van der Waals surface area contributed by atoms with Crippen LogP contribution in [0.2, 0.25) is 0 Å². The highest BCUT2D eigenvalue weighted by molar-refractivity contribution is 5.81. The number of anilines is 1. The van der Waals surface area contributed by atoms with Crippen molar-refractivity contribution in [2.24, 2.45) is 5.92 Å². The summed E-state index contributed by atoms with van der Waals surface area (Å²) in [7, 11) is 0. The van der Waals surface area contributed by atoms with Crippen LogP contribution in [0.15, 0.2) is 24.3 Å². The summed E-state index contributed by atoms with van der Waals surface area (Å²) in [5.74, 6) is 0.731. The van der Waals surface area contributed by atoms with Crippen molar-refractivity contribution in [1.29, 1.82) is 0 Å². The Morgan fingerprint density at radius 2 is 1.85 bits per heavy atom. The number of piperidine rings is 1. The molecule has 1 N–H and O–H groups in total. The summed E-state index contributed by atoms with van der Waals surface area (Å²) in [5, 5.41) is 3.65. The van der Waals surface area contributed by atoms with Gasteiger partial charge in [-0.25, -0.2) is 0 Å². The highest BCUT2D eigenvalue weighted by Gasteiger charge is 2.35. The summed E-state index contributed by atoms with van der Waals surface area (Å²) in [6.07, 6.45) is 8.31. The standard InChI is InChI=1S/C22H33N3O/c1-17-4-2-13-24(17)15-12-18-6-10-20(11-7-18)23-21-5-3-14-25(16-21)22(26)19-8-9-19/h6-7,10-11,17,19,21,23H,2-5,8-9,12-16H2,1H3/t17-,21+/m1/s1. The summed E-state index contributed by atoms with van der Waals surface area (Å²) in [6.45, 7) is 6.60. The van der Waals surface area contributed by atoms with Crippen LogP contribution in [0.5, 0.6) is 0 Å². The minimum Gasteiger partial charge on any atom is -0.381 e. The molecule has 142 valence electrons. The van der Waals surface area contributed by atoms with Crippen LogP contribution in [0.3, 0.4) is 0 Å². The van der Waals surface area contributed by atoms with E-state index >= 15 is 0 Å². The summed E-state index contributed by atoms with van der Waals surface area (Å²) in [6, 6.07) is 10.1. The number of likely N-dealkylation sites (tertiary alicyclic amines) is 2. The third-order valence-electron chi connectivity index (χ3n) is 6.36. The van der Waals surface area contributed by atoms with Crippen molar-refractivity contribution in [3.8, 4) is 0 Å². The van der Waals surface area contributed by atoms with Crippen molar-refractivity contribution in [1.82, 2.24) is 9.80 Å². The third kappa shape index (κ3) is 4.40. The summed E-state index contributed by atoms with van der Waals surface area (Å²) in [4.78, 5) is 17.0. The smallest absolute Gasteiger partial charge is 0.225 e. The van der Waals surface area contributed by atoms with Gasteiger partial charge < -0.3 is 15.1 Å². The molecule has 0 unspecified atom stereocenters. The van der Waals surface area contributed by atoms with Crippen molar-refractivity contribution >= 4 is 11.6 Å². The van der Waals surface area contributed by atoms with Gasteiger partial charge in [0.05, 0.1) is 0 Å². The van der Waals surface area contributed by atoms with E-state index in [1.54, 1.807) is 0 Å². The molecule has 3 fully saturated rings. The van der Waals surface area contributed by atoms with E-state index in [0.29, 0.717) is 17.9 Å². The Morgan fingerprint density at radius 3 is 2.54 bits per heavy atom. The molecule has 2 aliphatic heterocycles. The number of carbonyl (C=O) groups is 1. The van der Waals surface area contributed by atoms with Crippen molar-refractivity contribution in [2.75, 3.05) is 31.5 Å². The van der Waals surface area contributed by atoms with Gasteiger partial charge in [-0.1, -0.05) is 12.1 Å². The number of nitrogens with zero attached hydrogens (tertiary/aromatic N) is 2. The molecule has 0 aromatic heterocycles. The van der Waals surface area contributed by atoms with E-state index in [-0.39, 0.29) is 0 Å². The minimum atomic E-state index is 0.339. The maximum Gasteiger partial charge on any atom is 0.225 e. The Hall–Kier alpha value is -1.55. The molecule has 4 rings (SSSR count). The Bertz CT molecular complexity index is 610. The Labute approximate surface area is 157 Å². The van der Waals surface area contributed by atoms with E-state index < -0.39 is 0 Å². The Balaban J connectivity index is 1.26. The fourth-order valence-electron chi connectivity index (χ4n) is 4.48. The molecular weight excluding hydrogens is 322 g/mol. The normalized spacial score (nSPS) is 26.9. The van der Waals surface area contributed by atoms with E-state index in [0.717, 1.165) is 51.2 Å². The molecule has 3 aliphatic rings.